The average molecular weight is 349 g/mol. The molecule has 138 valence electrons. The third-order valence-electron chi connectivity index (χ3n) is 5.19. The maximum absolute atomic E-state index is 12.3. The summed E-state index contributed by atoms with van der Waals surface area (Å²) in [6.07, 6.45) is 4.88. The Kier molecular flexibility index (Phi) is 5.27. The molecule has 8 nitrogen and oxygen atoms in total. The molecule has 1 aromatic heterocycles. The number of rotatable bonds is 3. The summed E-state index contributed by atoms with van der Waals surface area (Å²) in [5.41, 5.74) is -0.576. The third kappa shape index (κ3) is 3.78. The van der Waals surface area contributed by atoms with Crippen LogP contribution in [0.2, 0.25) is 0 Å². The Morgan fingerprint density at radius 2 is 1.76 bits per heavy atom. The SMILES string of the molecule is CC(=NN1CCN(C)CC1)c1c(O)n(C2CCCCC2)c(=O)[nH]c1=O. The number of hydrogen-bond donors (Lipinski definition) is 2. The van der Waals surface area contributed by atoms with E-state index in [1.165, 1.54) is 4.57 Å². The van der Waals surface area contributed by atoms with Crippen molar-refractivity contribution in [2.45, 2.75) is 45.1 Å². The Bertz CT molecular complexity index is 753. The minimum atomic E-state index is -0.579. The number of nitrogens with one attached hydrogen (secondary N) is 1. The Morgan fingerprint density at radius 3 is 2.40 bits per heavy atom. The molecule has 1 saturated carbocycles. The van der Waals surface area contributed by atoms with Crippen molar-refractivity contribution in [1.82, 2.24) is 19.5 Å². The second-order valence-electron chi connectivity index (χ2n) is 7.06. The van der Waals surface area contributed by atoms with E-state index >= 15 is 0 Å². The van der Waals surface area contributed by atoms with Gasteiger partial charge in [0, 0.05) is 32.2 Å². The van der Waals surface area contributed by atoms with Crippen molar-refractivity contribution in [1.29, 1.82) is 0 Å². The van der Waals surface area contributed by atoms with Gasteiger partial charge in [-0.15, -0.1) is 0 Å². The van der Waals surface area contributed by atoms with Crippen LogP contribution in [0.25, 0.3) is 0 Å². The highest BCUT2D eigenvalue weighted by molar-refractivity contribution is 6.00. The lowest BCUT2D eigenvalue weighted by molar-refractivity contribution is 0.159. The van der Waals surface area contributed by atoms with Crippen molar-refractivity contribution in [3.63, 3.8) is 0 Å². The van der Waals surface area contributed by atoms with Crippen LogP contribution in [-0.2, 0) is 0 Å². The van der Waals surface area contributed by atoms with Crippen molar-refractivity contribution in [3.05, 3.63) is 26.4 Å². The number of hydrazone groups is 1. The summed E-state index contributed by atoms with van der Waals surface area (Å²) in [5.74, 6) is -0.254. The first-order valence-electron chi connectivity index (χ1n) is 9.04. The Hall–Kier alpha value is -2.09. The molecule has 0 aromatic carbocycles. The highest BCUT2D eigenvalue weighted by atomic mass is 16.3. The van der Waals surface area contributed by atoms with E-state index in [2.05, 4.69) is 22.0 Å². The highest BCUT2D eigenvalue weighted by Gasteiger charge is 2.24. The molecule has 2 fully saturated rings. The minimum absolute atomic E-state index is 0.0618. The monoisotopic (exact) mass is 349 g/mol. The van der Waals surface area contributed by atoms with Gasteiger partial charge >= 0.3 is 5.69 Å². The van der Waals surface area contributed by atoms with Gasteiger partial charge < -0.3 is 10.0 Å². The molecule has 0 atom stereocenters. The first-order valence-corrected chi connectivity index (χ1v) is 9.04. The molecule has 1 aromatic rings. The van der Waals surface area contributed by atoms with E-state index in [1.54, 1.807) is 6.92 Å². The average Bonchev–Trinajstić information content (AvgIpc) is 2.57. The van der Waals surface area contributed by atoms with Gasteiger partial charge in [0.15, 0.2) is 0 Å². The summed E-state index contributed by atoms with van der Waals surface area (Å²) in [7, 11) is 2.06. The summed E-state index contributed by atoms with van der Waals surface area (Å²) in [6.45, 7) is 5.06. The van der Waals surface area contributed by atoms with Gasteiger partial charge in [-0.1, -0.05) is 19.3 Å². The molecule has 1 aliphatic carbocycles. The summed E-state index contributed by atoms with van der Waals surface area (Å²) < 4.78 is 1.35. The highest BCUT2D eigenvalue weighted by Crippen LogP contribution is 2.30. The van der Waals surface area contributed by atoms with Crippen molar-refractivity contribution in [2.24, 2.45) is 5.10 Å². The lowest BCUT2D eigenvalue weighted by Crippen LogP contribution is -2.42. The van der Waals surface area contributed by atoms with E-state index in [0.717, 1.165) is 58.3 Å². The molecule has 2 aliphatic rings. The molecular formula is C17H27N5O3. The lowest BCUT2D eigenvalue weighted by atomic mass is 9.95. The number of aromatic amines is 1. The number of likely N-dealkylation sites (N-methyl/N-ethyl adjacent to an activating group) is 1. The van der Waals surface area contributed by atoms with E-state index in [0.29, 0.717) is 5.71 Å². The fourth-order valence-electron chi connectivity index (χ4n) is 3.70. The Balaban J connectivity index is 1.95. The predicted molar refractivity (Wildman–Crippen MR) is 96.4 cm³/mol. The van der Waals surface area contributed by atoms with Gasteiger partial charge in [-0.3, -0.25) is 19.4 Å². The van der Waals surface area contributed by atoms with Crippen LogP contribution in [0, 0.1) is 0 Å². The zero-order valence-electron chi connectivity index (χ0n) is 15.0. The minimum Gasteiger partial charge on any atom is -0.494 e. The zero-order chi connectivity index (χ0) is 18.0. The fourth-order valence-corrected chi connectivity index (χ4v) is 3.70. The van der Waals surface area contributed by atoms with Crippen LogP contribution in [0.15, 0.2) is 14.7 Å². The first kappa shape index (κ1) is 17.7. The normalized spacial score (nSPS) is 20.9. The number of H-pyrrole nitrogens is 1. The van der Waals surface area contributed by atoms with Gasteiger partial charge in [0.1, 0.15) is 5.56 Å². The molecule has 25 heavy (non-hydrogen) atoms. The van der Waals surface area contributed by atoms with Crippen LogP contribution < -0.4 is 11.2 Å². The maximum atomic E-state index is 12.3. The maximum Gasteiger partial charge on any atom is 0.331 e. The number of aromatic nitrogens is 2. The molecule has 2 N–H and O–H groups in total. The van der Waals surface area contributed by atoms with Crippen molar-refractivity contribution in [3.8, 4) is 5.88 Å². The van der Waals surface area contributed by atoms with Gasteiger partial charge in [-0.25, -0.2) is 4.79 Å². The molecule has 0 spiro atoms. The summed E-state index contributed by atoms with van der Waals surface area (Å²) in [4.78, 5) is 29.1. The number of hydrogen-bond acceptors (Lipinski definition) is 6. The molecule has 1 aliphatic heterocycles. The zero-order valence-corrected chi connectivity index (χ0v) is 15.0. The van der Waals surface area contributed by atoms with E-state index in [4.69, 9.17) is 0 Å². The topological polar surface area (TPSA) is 93.9 Å². The van der Waals surface area contributed by atoms with Crippen LogP contribution in [0.3, 0.4) is 0 Å². The lowest BCUT2D eigenvalue weighted by Gasteiger charge is -2.30. The van der Waals surface area contributed by atoms with Crippen LogP contribution in [0.1, 0.15) is 50.6 Å². The van der Waals surface area contributed by atoms with Gasteiger partial charge in [-0.2, -0.15) is 5.10 Å². The van der Waals surface area contributed by atoms with E-state index in [9.17, 15) is 14.7 Å². The predicted octanol–water partition coefficient (Wildman–Crippen LogP) is 0.719. The van der Waals surface area contributed by atoms with Crippen LogP contribution in [-0.4, -0.2) is 63.5 Å². The van der Waals surface area contributed by atoms with Gasteiger partial charge in [0.05, 0.1) is 5.71 Å². The second-order valence-corrected chi connectivity index (χ2v) is 7.06. The quantitative estimate of drug-likeness (QED) is 0.784. The summed E-state index contributed by atoms with van der Waals surface area (Å²) in [6, 6.07) is -0.0618. The van der Waals surface area contributed by atoms with Gasteiger partial charge in [0.2, 0.25) is 5.88 Å². The second kappa shape index (κ2) is 7.43. The number of nitrogens with zero attached hydrogens (tertiary/aromatic N) is 4. The molecular weight excluding hydrogens is 322 g/mol. The number of aromatic hydroxyl groups is 1. The molecule has 1 saturated heterocycles. The molecule has 0 unspecified atom stereocenters. The first-order chi connectivity index (χ1) is 12.0. The van der Waals surface area contributed by atoms with Crippen molar-refractivity contribution in [2.75, 3.05) is 33.2 Å². The summed E-state index contributed by atoms with van der Waals surface area (Å²) >= 11 is 0. The Morgan fingerprint density at radius 1 is 1.12 bits per heavy atom. The van der Waals surface area contributed by atoms with Gasteiger partial charge in [0.25, 0.3) is 5.56 Å². The summed E-state index contributed by atoms with van der Waals surface area (Å²) in [5, 5.41) is 17.1. The van der Waals surface area contributed by atoms with Crippen LogP contribution in [0.5, 0.6) is 5.88 Å². The Labute approximate surface area is 146 Å². The third-order valence-corrected chi connectivity index (χ3v) is 5.19. The smallest absolute Gasteiger partial charge is 0.331 e. The van der Waals surface area contributed by atoms with Crippen molar-refractivity contribution >= 4 is 5.71 Å². The van der Waals surface area contributed by atoms with Crippen LogP contribution >= 0.6 is 0 Å². The standard InChI is InChI=1S/C17H27N5O3/c1-12(19-21-10-8-20(2)9-11-21)14-15(23)18-17(25)22(16(14)24)13-6-4-3-5-7-13/h13,24H,3-11H2,1-2H3,(H,18,23,25). The van der Waals surface area contributed by atoms with E-state index in [-0.39, 0.29) is 17.5 Å². The van der Waals surface area contributed by atoms with E-state index < -0.39 is 11.2 Å². The van der Waals surface area contributed by atoms with Gasteiger partial charge in [-0.05, 0) is 26.8 Å². The largest absolute Gasteiger partial charge is 0.494 e. The van der Waals surface area contributed by atoms with Crippen LogP contribution in [0.4, 0.5) is 0 Å². The molecule has 8 heteroatoms. The molecule has 0 amide bonds. The molecule has 3 rings (SSSR count). The van der Waals surface area contributed by atoms with E-state index in [1.807, 2.05) is 5.01 Å². The van der Waals surface area contributed by atoms with Crippen molar-refractivity contribution < 1.29 is 5.11 Å². The molecule has 2 heterocycles. The number of piperazine rings is 1. The fraction of sp³-hybridized carbons (Fsp3) is 0.706. The molecule has 0 radical (unpaired) electrons. The molecule has 0 bridgehead atoms.